The number of fused-ring (bicyclic) bond motifs is 1. The second kappa shape index (κ2) is 7.11. The monoisotopic (exact) mass is 306 g/mol. The number of benzene rings is 1. The molecule has 22 heavy (non-hydrogen) atoms. The summed E-state index contributed by atoms with van der Waals surface area (Å²) >= 11 is 0. The molecule has 1 aliphatic heterocycles. The molecule has 1 amide bonds. The predicted octanol–water partition coefficient (Wildman–Crippen LogP) is 1.31. The van der Waals surface area contributed by atoms with Crippen LogP contribution >= 0.6 is 0 Å². The van der Waals surface area contributed by atoms with Crippen LogP contribution in [0.5, 0.6) is 5.75 Å². The standard InChI is InChI=1S/C17H26N2O3/c1-11(2)17(18)15(21)10-22-16-6-4-5-13-9-19(12(3)20)8-7-14(13)16/h4-6,11,15,17,21H,7-10,18H2,1-3H3. The minimum atomic E-state index is -0.687. The van der Waals surface area contributed by atoms with E-state index in [1.54, 1.807) is 6.92 Å². The van der Waals surface area contributed by atoms with E-state index < -0.39 is 6.10 Å². The van der Waals surface area contributed by atoms with Gasteiger partial charge in [-0.2, -0.15) is 0 Å². The Hall–Kier alpha value is -1.59. The molecule has 5 nitrogen and oxygen atoms in total. The first-order valence-electron chi connectivity index (χ1n) is 7.83. The Labute approximate surface area is 132 Å². The normalized spacial score (nSPS) is 17.1. The van der Waals surface area contributed by atoms with Gasteiger partial charge in [0.05, 0.1) is 0 Å². The topological polar surface area (TPSA) is 75.8 Å². The average molecular weight is 306 g/mol. The van der Waals surface area contributed by atoms with Crippen LogP contribution in [-0.2, 0) is 17.8 Å². The Balaban J connectivity index is 2.05. The van der Waals surface area contributed by atoms with Crippen LogP contribution in [0, 0.1) is 5.92 Å². The van der Waals surface area contributed by atoms with E-state index in [9.17, 15) is 9.90 Å². The van der Waals surface area contributed by atoms with E-state index in [0.717, 1.165) is 23.3 Å². The molecule has 1 aromatic rings. The van der Waals surface area contributed by atoms with Crippen LogP contribution in [0.15, 0.2) is 18.2 Å². The Bertz CT molecular complexity index is 531. The highest BCUT2D eigenvalue weighted by Gasteiger charge is 2.23. The van der Waals surface area contributed by atoms with Crippen molar-refractivity contribution in [3.05, 3.63) is 29.3 Å². The van der Waals surface area contributed by atoms with Gasteiger partial charge in [-0.3, -0.25) is 4.79 Å². The van der Waals surface area contributed by atoms with Crippen molar-refractivity contribution in [2.75, 3.05) is 13.2 Å². The summed E-state index contributed by atoms with van der Waals surface area (Å²) in [6.45, 7) is 7.07. The number of amides is 1. The fraction of sp³-hybridized carbons (Fsp3) is 0.588. The van der Waals surface area contributed by atoms with Crippen LogP contribution in [0.3, 0.4) is 0 Å². The summed E-state index contributed by atoms with van der Waals surface area (Å²) in [4.78, 5) is 13.3. The third kappa shape index (κ3) is 3.78. The third-order valence-electron chi connectivity index (χ3n) is 4.29. The van der Waals surface area contributed by atoms with Gasteiger partial charge in [0.25, 0.3) is 0 Å². The van der Waals surface area contributed by atoms with Gasteiger partial charge in [0.15, 0.2) is 0 Å². The van der Waals surface area contributed by atoms with Gasteiger partial charge in [0, 0.05) is 31.6 Å². The van der Waals surface area contributed by atoms with Gasteiger partial charge in [0.1, 0.15) is 18.5 Å². The lowest BCUT2D eigenvalue weighted by Crippen LogP contribution is -2.42. The number of hydrogen-bond donors (Lipinski definition) is 2. The minimum Gasteiger partial charge on any atom is -0.491 e. The number of hydrogen-bond acceptors (Lipinski definition) is 4. The molecule has 2 unspecified atom stereocenters. The van der Waals surface area contributed by atoms with Gasteiger partial charge in [-0.1, -0.05) is 26.0 Å². The van der Waals surface area contributed by atoms with Crippen LogP contribution in [0.1, 0.15) is 31.9 Å². The highest BCUT2D eigenvalue weighted by Crippen LogP contribution is 2.28. The number of carbonyl (C=O) groups excluding carboxylic acids is 1. The smallest absolute Gasteiger partial charge is 0.219 e. The maximum absolute atomic E-state index is 11.5. The largest absolute Gasteiger partial charge is 0.491 e. The molecule has 0 aromatic heterocycles. The lowest BCUT2D eigenvalue weighted by atomic mass is 9.98. The van der Waals surface area contributed by atoms with Gasteiger partial charge in [0.2, 0.25) is 5.91 Å². The van der Waals surface area contributed by atoms with Gasteiger partial charge < -0.3 is 20.5 Å². The Kier molecular flexibility index (Phi) is 5.42. The summed E-state index contributed by atoms with van der Waals surface area (Å²) in [6, 6.07) is 5.56. The first-order chi connectivity index (χ1) is 10.4. The van der Waals surface area contributed by atoms with Crippen molar-refractivity contribution < 1.29 is 14.6 Å². The zero-order valence-corrected chi connectivity index (χ0v) is 13.6. The fourth-order valence-corrected chi connectivity index (χ4v) is 2.71. The fourth-order valence-electron chi connectivity index (χ4n) is 2.71. The van der Waals surface area contributed by atoms with E-state index >= 15 is 0 Å². The molecule has 3 N–H and O–H groups in total. The molecule has 0 radical (unpaired) electrons. The zero-order chi connectivity index (χ0) is 16.3. The van der Waals surface area contributed by atoms with Crippen molar-refractivity contribution in [2.24, 2.45) is 11.7 Å². The molecular weight excluding hydrogens is 280 g/mol. The maximum atomic E-state index is 11.5. The van der Waals surface area contributed by atoms with E-state index in [0.29, 0.717) is 13.1 Å². The molecule has 0 saturated heterocycles. The molecule has 0 fully saturated rings. The van der Waals surface area contributed by atoms with Crippen molar-refractivity contribution >= 4 is 5.91 Å². The Morgan fingerprint density at radius 3 is 2.82 bits per heavy atom. The van der Waals surface area contributed by atoms with Crippen molar-refractivity contribution in [2.45, 2.75) is 45.9 Å². The van der Waals surface area contributed by atoms with E-state index in [1.807, 2.05) is 36.9 Å². The highest BCUT2D eigenvalue weighted by molar-refractivity contribution is 5.73. The Morgan fingerprint density at radius 1 is 1.45 bits per heavy atom. The van der Waals surface area contributed by atoms with Crippen LogP contribution in [-0.4, -0.2) is 41.2 Å². The molecule has 5 heteroatoms. The number of aliphatic hydroxyl groups excluding tert-OH is 1. The second-order valence-electron chi connectivity index (χ2n) is 6.28. The highest BCUT2D eigenvalue weighted by atomic mass is 16.5. The molecule has 122 valence electrons. The summed E-state index contributed by atoms with van der Waals surface area (Å²) in [5.74, 6) is 1.08. The molecule has 2 atom stereocenters. The van der Waals surface area contributed by atoms with Crippen molar-refractivity contribution in [3.63, 3.8) is 0 Å². The molecule has 2 rings (SSSR count). The maximum Gasteiger partial charge on any atom is 0.219 e. The van der Waals surface area contributed by atoms with E-state index in [4.69, 9.17) is 10.5 Å². The molecular formula is C17H26N2O3. The van der Waals surface area contributed by atoms with Crippen LogP contribution in [0.2, 0.25) is 0 Å². The summed E-state index contributed by atoms with van der Waals surface area (Å²) in [6.07, 6.45) is 0.0883. The van der Waals surface area contributed by atoms with Gasteiger partial charge in [-0.25, -0.2) is 0 Å². The van der Waals surface area contributed by atoms with Crippen LogP contribution in [0.25, 0.3) is 0 Å². The lowest BCUT2D eigenvalue weighted by Gasteiger charge is -2.29. The van der Waals surface area contributed by atoms with Crippen molar-refractivity contribution in [1.82, 2.24) is 4.90 Å². The van der Waals surface area contributed by atoms with E-state index in [1.165, 1.54) is 0 Å². The zero-order valence-electron chi connectivity index (χ0n) is 13.6. The molecule has 1 aliphatic rings. The first-order valence-corrected chi connectivity index (χ1v) is 7.83. The Morgan fingerprint density at radius 2 is 2.18 bits per heavy atom. The number of nitrogens with two attached hydrogens (primary N) is 1. The van der Waals surface area contributed by atoms with E-state index in [2.05, 4.69) is 0 Å². The van der Waals surface area contributed by atoms with Crippen LogP contribution < -0.4 is 10.5 Å². The molecule has 0 bridgehead atoms. The van der Waals surface area contributed by atoms with Crippen LogP contribution in [0.4, 0.5) is 0 Å². The van der Waals surface area contributed by atoms with Gasteiger partial charge in [-0.15, -0.1) is 0 Å². The first kappa shape index (κ1) is 16.8. The number of aliphatic hydroxyl groups is 1. The summed E-state index contributed by atoms with van der Waals surface area (Å²) in [7, 11) is 0. The van der Waals surface area contributed by atoms with Gasteiger partial charge >= 0.3 is 0 Å². The summed E-state index contributed by atoms with van der Waals surface area (Å²) in [5, 5.41) is 10.1. The average Bonchev–Trinajstić information content (AvgIpc) is 2.50. The van der Waals surface area contributed by atoms with Crippen molar-refractivity contribution in [3.8, 4) is 5.75 Å². The number of carbonyl (C=O) groups is 1. The minimum absolute atomic E-state index is 0.0929. The molecule has 0 spiro atoms. The molecule has 0 aliphatic carbocycles. The number of nitrogens with zero attached hydrogens (tertiary/aromatic N) is 1. The lowest BCUT2D eigenvalue weighted by molar-refractivity contribution is -0.129. The van der Waals surface area contributed by atoms with Gasteiger partial charge in [-0.05, 0) is 24.0 Å². The molecule has 0 saturated carbocycles. The quantitative estimate of drug-likeness (QED) is 0.860. The molecule has 1 heterocycles. The number of rotatable bonds is 5. The van der Waals surface area contributed by atoms with Crippen molar-refractivity contribution in [1.29, 1.82) is 0 Å². The summed E-state index contributed by atoms with van der Waals surface area (Å²) in [5.41, 5.74) is 8.18. The summed E-state index contributed by atoms with van der Waals surface area (Å²) < 4.78 is 5.80. The third-order valence-corrected chi connectivity index (χ3v) is 4.29. The SMILES string of the molecule is CC(=O)N1CCc2c(cccc2OCC(O)C(N)C(C)C)C1. The van der Waals surface area contributed by atoms with E-state index in [-0.39, 0.29) is 24.5 Å². The second-order valence-corrected chi connectivity index (χ2v) is 6.28. The predicted molar refractivity (Wildman–Crippen MR) is 85.6 cm³/mol. The number of ether oxygens (including phenoxy) is 1. The molecule has 1 aromatic carbocycles.